The fourth-order valence-electron chi connectivity index (χ4n) is 2.37. The predicted molar refractivity (Wildman–Crippen MR) is 78.5 cm³/mol. The Hall–Kier alpha value is -1.49. The normalized spacial score (nSPS) is 19.9. The Kier molecular flexibility index (Phi) is 4.70. The number of carbonyl (C=O) groups excluding carboxylic acids is 1. The number of aromatic amines is 1. The topological polar surface area (TPSA) is 57.4 Å². The maximum atomic E-state index is 12.1. The molecule has 2 rings (SSSR count). The summed E-state index contributed by atoms with van der Waals surface area (Å²) in [6.45, 7) is 8.04. The van der Waals surface area contributed by atoms with Gasteiger partial charge in [0.2, 0.25) is 0 Å². The van der Waals surface area contributed by atoms with E-state index in [4.69, 9.17) is 4.74 Å². The SMILES string of the molecule is CC(C)(C)OC(=O)N1CCC[C@H](NCc2cc[nH]c2)C1. The van der Waals surface area contributed by atoms with Crippen LogP contribution in [0.25, 0.3) is 0 Å². The number of nitrogens with zero attached hydrogens (tertiary/aromatic N) is 1. The minimum atomic E-state index is -0.428. The van der Waals surface area contributed by atoms with Gasteiger partial charge in [-0.1, -0.05) is 0 Å². The number of piperidine rings is 1. The van der Waals surface area contributed by atoms with Crippen LogP contribution in [0, 0.1) is 0 Å². The second-order valence-electron chi connectivity index (χ2n) is 6.37. The summed E-state index contributed by atoms with van der Waals surface area (Å²) in [4.78, 5) is 16.9. The Balaban J connectivity index is 1.80. The molecule has 5 nitrogen and oxygen atoms in total. The van der Waals surface area contributed by atoms with E-state index >= 15 is 0 Å². The van der Waals surface area contributed by atoms with Gasteiger partial charge in [0.05, 0.1) is 0 Å². The number of H-pyrrole nitrogens is 1. The second kappa shape index (κ2) is 6.31. The zero-order valence-electron chi connectivity index (χ0n) is 12.6. The van der Waals surface area contributed by atoms with Crippen LogP contribution in [-0.4, -0.2) is 40.7 Å². The molecule has 0 aromatic carbocycles. The van der Waals surface area contributed by atoms with Crippen LogP contribution >= 0.6 is 0 Å². The predicted octanol–water partition coefficient (Wildman–Crippen LogP) is 2.50. The van der Waals surface area contributed by atoms with Crippen LogP contribution in [0.4, 0.5) is 4.79 Å². The molecule has 1 atom stereocenters. The molecule has 0 aliphatic carbocycles. The Bertz CT molecular complexity index is 423. The number of ether oxygens (including phenoxy) is 1. The van der Waals surface area contributed by atoms with Crippen molar-refractivity contribution in [2.24, 2.45) is 0 Å². The molecular formula is C15H25N3O2. The highest BCUT2D eigenvalue weighted by molar-refractivity contribution is 5.68. The van der Waals surface area contributed by atoms with Crippen molar-refractivity contribution in [2.75, 3.05) is 13.1 Å². The van der Waals surface area contributed by atoms with E-state index in [-0.39, 0.29) is 6.09 Å². The van der Waals surface area contributed by atoms with Crippen molar-refractivity contribution in [1.82, 2.24) is 15.2 Å². The highest BCUT2D eigenvalue weighted by Gasteiger charge is 2.27. The van der Waals surface area contributed by atoms with E-state index in [9.17, 15) is 4.79 Å². The quantitative estimate of drug-likeness (QED) is 0.894. The van der Waals surface area contributed by atoms with Crippen molar-refractivity contribution in [3.05, 3.63) is 24.0 Å². The number of nitrogens with one attached hydrogen (secondary N) is 2. The molecule has 112 valence electrons. The van der Waals surface area contributed by atoms with Crippen molar-refractivity contribution in [1.29, 1.82) is 0 Å². The first-order valence-electron chi connectivity index (χ1n) is 7.27. The highest BCUT2D eigenvalue weighted by Crippen LogP contribution is 2.15. The summed E-state index contributed by atoms with van der Waals surface area (Å²) in [5.41, 5.74) is 0.808. The standard InChI is InChI=1S/C15H25N3O2/c1-15(2,3)20-14(19)18-8-4-5-13(11-18)17-10-12-6-7-16-9-12/h6-7,9,13,16-17H,4-5,8,10-11H2,1-3H3/t13-/m0/s1. The molecular weight excluding hydrogens is 254 g/mol. The molecule has 0 spiro atoms. The van der Waals surface area contributed by atoms with E-state index in [0.717, 1.165) is 32.5 Å². The number of hydrogen-bond donors (Lipinski definition) is 2. The van der Waals surface area contributed by atoms with Crippen molar-refractivity contribution < 1.29 is 9.53 Å². The molecule has 5 heteroatoms. The van der Waals surface area contributed by atoms with E-state index in [1.165, 1.54) is 5.56 Å². The van der Waals surface area contributed by atoms with Crippen molar-refractivity contribution in [3.63, 3.8) is 0 Å². The maximum Gasteiger partial charge on any atom is 0.410 e. The molecule has 2 heterocycles. The lowest BCUT2D eigenvalue weighted by atomic mass is 10.1. The first-order chi connectivity index (χ1) is 9.44. The Morgan fingerprint density at radius 3 is 3.00 bits per heavy atom. The van der Waals surface area contributed by atoms with Gasteiger partial charge in [0, 0.05) is 38.1 Å². The number of amides is 1. The maximum absolute atomic E-state index is 12.1. The van der Waals surface area contributed by atoms with Crippen LogP contribution in [0.3, 0.4) is 0 Å². The minimum absolute atomic E-state index is 0.203. The van der Waals surface area contributed by atoms with E-state index in [1.54, 1.807) is 0 Å². The first kappa shape index (κ1) is 14.9. The Morgan fingerprint density at radius 2 is 2.35 bits per heavy atom. The van der Waals surface area contributed by atoms with Crippen LogP contribution in [0.5, 0.6) is 0 Å². The summed E-state index contributed by atoms with van der Waals surface area (Å²) >= 11 is 0. The summed E-state index contributed by atoms with van der Waals surface area (Å²) in [7, 11) is 0. The summed E-state index contributed by atoms with van der Waals surface area (Å²) < 4.78 is 5.43. The number of likely N-dealkylation sites (tertiary alicyclic amines) is 1. The second-order valence-corrected chi connectivity index (χ2v) is 6.37. The fourth-order valence-corrected chi connectivity index (χ4v) is 2.37. The zero-order chi connectivity index (χ0) is 14.6. The minimum Gasteiger partial charge on any atom is -0.444 e. The van der Waals surface area contributed by atoms with Gasteiger partial charge in [0.15, 0.2) is 0 Å². The Labute approximate surface area is 120 Å². The monoisotopic (exact) mass is 279 g/mol. The lowest BCUT2D eigenvalue weighted by Gasteiger charge is -2.34. The first-order valence-corrected chi connectivity index (χ1v) is 7.27. The lowest BCUT2D eigenvalue weighted by molar-refractivity contribution is 0.0187. The number of hydrogen-bond acceptors (Lipinski definition) is 3. The van der Waals surface area contributed by atoms with Gasteiger partial charge < -0.3 is 19.9 Å². The van der Waals surface area contributed by atoms with Gasteiger partial charge in [-0.05, 0) is 45.2 Å². The van der Waals surface area contributed by atoms with Crippen LogP contribution in [0.2, 0.25) is 0 Å². The molecule has 0 unspecified atom stereocenters. The molecule has 1 aliphatic heterocycles. The van der Waals surface area contributed by atoms with Crippen LogP contribution in [-0.2, 0) is 11.3 Å². The average molecular weight is 279 g/mol. The summed E-state index contributed by atoms with van der Waals surface area (Å²) in [6.07, 6.45) is 5.82. The number of aromatic nitrogens is 1. The largest absolute Gasteiger partial charge is 0.444 e. The molecule has 0 bridgehead atoms. The third-order valence-corrected chi connectivity index (χ3v) is 3.33. The number of carbonyl (C=O) groups is 1. The fraction of sp³-hybridized carbons (Fsp3) is 0.667. The van der Waals surface area contributed by atoms with E-state index in [0.29, 0.717) is 6.04 Å². The molecule has 1 amide bonds. The average Bonchev–Trinajstić information content (AvgIpc) is 2.88. The molecule has 1 aromatic heterocycles. The highest BCUT2D eigenvalue weighted by atomic mass is 16.6. The van der Waals surface area contributed by atoms with E-state index in [1.807, 2.05) is 38.1 Å². The van der Waals surface area contributed by atoms with E-state index < -0.39 is 5.60 Å². The van der Waals surface area contributed by atoms with Crippen LogP contribution in [0.1, 0.15) is 39.2 Å². The Morgan fingerprint density at radius 1 is 1.55 bits per heavy atom. The third-order valence-electron chi connectivity index (χ3n) is 3.33. The molecule has 2 N–H and O–H groups in total. The molecule has 0 saturated carbocycles. The van der Waals surface area contributed by atoms with Crippen LogP contribution < -0.4 is 5.32 Å². The smallest absolute Gasteiger partial charge is 0.410 e. The van der Waals surface area contributed by atoms with Crippen molar-refractivity contribution in [3.8, 4) is 0 Å². The van der Waals surface area contributed by atoms with Gasteiger partial charge in [0.25, 0.3) is 0 Å². The van der Waals surface area contributed by atoms with Crippen molar-refractivity contribution >= 4 is 6.09 Å². The van der Waals surface area contributed by atoms with Gasteiger partial charge >= 0.3 is 6.09 Å². The molecule has 0 radical (unpaired) electrons. The van der Waals surface area contributed by atoms with Gasteiger partial charge in [0.1, 0.15) is 5.60 Å². The van der Waals surface area contributed by atoms with E-state index in [2.05, 4.69) is 16.4 Å². The molecule has 1 saturated heterocycles. The van der Waals surface area contributed by atoms with Gasteiger partial charge in [-0.25, -0.2) is 4.79 Å². The molecule has 20 heavy (non-hydrogen) atoms. The zero-order valence-corrected chi connectivity index (χ0v) is 12.6. The van der Waals surface area contributed by atoms with Gasteiger partial charge in [-0.2, -0.15) is 0 Å². The molecule has 1 fully saturated rings. The van der Waals surface area contributed by atoms with Gasteiger partial charge in [-0.3, -0.25) is 0 Å². The van der Waals surface area contributed by atoms with Gasteiger partial charge in [-0.15, -0.1) is 0 Å². The molecule has 1 aromatic rings. The summed E-state index contributed by atoms with van der Waals surface area (Å²) in [6, 6.07) is 2.40. The van der Waals surface area contributed by atoms with Crippen LogP contribution in [0.15, 0.2) is 18.5 Å². The van der Waals surface area contributed by atoms with Crippen molar-refractivity contribution in [2.45, 2.75) is 51.8 Å². The third kappa shape index (κ3) is 4.56. The summed E-state index contributed by atoms with van der Waals surface area (Å²) in [5, 5.41) is 3.50. The summed E-state index contributed by atoms with van der Waals surface area (Å²) in [5.74, 6) is 0. The molecule has 1 aliphatic rings. The lowest BCUT2D eigenvalue weighted by Crippen LogP contribution is -2.49. The number of rotatable bonds is 3.